The van der Waals surface area contributed by atoms with Crippen LogP contribution in [-0.2, 0) is 30.7 Å². The number of carbonyl (C=O) groups is 1. The highest BCUT2D eigenvalue weighted by Crippen LogP contribution is 2.26. The van der Waals surface area contributed by atoms with E-state index in [9.17, 15) is 9.59 Å². The molecule has 0 saturated carbocycles. The van der Waals surface area contributed by atoms with E-state index in [1.165, 1.54) is 17.3 Å². The second-order valence-electron chi connectivity index (χ2n) is 8.76. The number of carbonyl (C=O) groups excluding carboxylic acids is 1. The van der Waals surface area contributed by atoms with Crippen molar-refractivity contribution in [2.45, 2.75) is 57.9 Å². The lowest BCUT2D eigenvalue weighted by molar-refractivity contribution is -0.130. The summed E-state index contributed by atoms with van der Waals surface area (Å²) in [6.45, 7) is 7.24. The highest BCUT2D eigenvalue weighted by Gasteiger charge is 2.20. The molecule has 0 saturated heterocycles. The lowest BCUT2D eigenvalue weighted by Crippen LogP contribution is -2.37. The Morgan fingerprint density at radius 1 is 1.06 bits per heavy atom. The standard InChI is InChI=1S/C28H31N3O2S2/c1-4-23-17-24-26(35-23)29-28(30(27(24)33)16-15-21-11-7-5-8-12-21)34-19-25(32)31(20(2)3)18-22-13-9-6-10-14-22/h5-14,17,20H,4,15-16,18-19H2,1-3H3. The first-order valence-electron chi connectivity index (χ1n) is 12.0. The van der Waals surface area contributed by atoms with Crippen molar-refractivity contribution in [3.63, 3.8) is 0 Å². The molecule has 5 nitrogen and oxygen atoms in total. The first-order chi connectivity index (χ1) is 17.0. The summed E-state index contributed by atoms with van der Waals surface area (Å²) in [5, 5.41) is 1.28. The normalized spacial score (nSPS) is 11.3. The highest BCUT2D eigenvalue weighted by atomic mass is 32.2. The number of nitrogens with zero attached hydrogens (tertiary/aromatic N) is 3. The SMILES string of the molecule is CCc1cc2c(=O)n(CCc3ccccc3)c(SCC(=O)N(Cc3ccccc3)C(C)C)nc2s1. The zero-order valence-corrected chi connectivity index (χ0v) is 22.1. The van der Waals surface area contributed by atoms with Crippen LogP contribution in [0.3, 0.4) is 0 Å². The van der Waals surface area contributed by atoms with Gasteiger partial charge in [0.15, 0.2) is 5.16 Å². The third-order valence-electron chi connectivity index (χ3n) is 5.95. The molecular formula is C28H31N3O2S2. The Morgan fingerprint density at radius 2 is 1.71 bits per heavy atom. The average molecular weight is 506 g/mol. The summed E-state index contributed by atoms with van der Waals surface area (Å²) in [5.74, 6) is 0.276. The molecule has 0 atom stereocenters. The minimum absolute atomic E-state index is 0.0261. The van der Waals surface area contributed by atoms with E-state index < -0.39 is 0 Å². The van der Waals surface area contributed by atoms with E-state index in [0.29, 0.717) is 23.6 Å². The Bertz CT molecular complexity index is 1330. The van der Waals surface area contributed by atoms with Gasteiger partial charge in [0.05, 0.1) is 11.1 Å². The predicted octanol–water partition coefficient (Wildman–Crippen LogP) is 5.79. The minimum Gasteiger partial charge on any atom is -0.335 e. The van der Waals surface area contributed by atoms with E-state index >= 15 is 0 Å². The number of aromatic nitrogens is 2. The molecule has 2 aromatic carbocycles. The van der Waals surface area contributed by atoms with E-state index in [1.807, 2.05) is 73.3 Å². The zero-order chi connectivity index (χ0) is 24.8. The molecule has 0 aliphatic carbocycles. The number of fused-ring (bicyclic) bond motifs is 1. The molecule has 0 radical (unpaired) electrons. The van der Waals surface area contributed by atoms with Crippen LogP contribution >= 0.6 is 23.1 Å². The van der Waals surface area contributed by atoms with Gasteiger partial charge >= 0.3 is 0 Å². The topological polar surface area (TPSA) is 55.2 Å². The summed E-state index contributed by atoms with van der Waals surface area (Å²) < 4.78 is 1.75. The Hall–Kier alpha value is -2.90. The van der Waals surface area contributed by atoms with Crippen molar-refractivity contribution >= 4 is 39.2 Å². The van der Waals surface area contributed by atoms with Crippen LogP contribution in [0.25, 0.3) is 10.2 Å². The largest absolute Gasteiger partial charge is 0.335 e. The number of thiophene rings is 1. The van der Waals surface area contributed by atoms with Gasteiger partial charge in [-0.05, 0) is 43.9 Å². The summed E-state index contributed by atoms with van der Waals surface area (Å²) in [6.07, 6.45) is 1.60. The molecule has 2 heterocycles. The number of amides is 1. The van der Waals surface area contributed by atoms with Gasteiger partial charge in [0, 0.05) is 24.0 Å². The number of hydrogen-bond donors (Lipinski definition) is 0. The van der Waals surface area contributed by atoms with E-state index in [4.69, 9.17) is 4.98 Å². The second-order valence-corrected chi connectivity index (χ2v) is 10.8. The number of aryl methyl sites for hydroxylation is 2. The molecule has 2 aromatic heterocycles. The summed E-state index contributed by atoms with van der Waals surface area (Å²) >= 11 is 2.92. The quantitative estimate of drug-likeness (QED) is 0.202. The molecule has 0 spiro atoms. The molecule has 182 valence electrons. The Morgan fingerprint density at radius 3 is 2.34 bits per heavy atom. The Labute approximate surface area is 214 Å². The predicted molar refractivity (Wildman–Crippen MR) is 146 cm³/mol. The number of benzene rings is 2. The first-order valence-corrected chi connectivity index (χ1v) is 13.8. The van der Waals surface area contributed by atoms with Gasteiger partial charge in [-0.25, -0.2) is 4.98 Å². The molecule has 0 N–H and O–H groups in total. The third-order valence-corrected chi connectivity index (χ3v) is 8.08. The fraction of sp³-hybridized carbons (Fsp3) is 0.321. The smallest absolute Gasteiger partial charge is 0.262 e. The van der Waals surface area contributed by atoms with Crippen LogP contribution in [-0.4, -0.2) is 32.2 Å². The van der Waals surface area contributed by atoms with E-state index in [0.717, 1.165) is 28.1 Å². The average Bonchev–Trinajstić information content (AvgIpc) is 3.30. The zero-order valence-electron chi connectivity index (χ0n) is 20.4. The van der Waals surface area contributed by atoms with Crippen LogP contribution in [0.4, 0.5) is 0 Å². The maximum atomic E-state index is 13.4. The fourth-order valence-electron chi connectivity index (χ4n) is 3.96. The van der Waals surface area contributed by atoms with Gasteiger partial charge in [-0.3, -0.25) is 14.2 Å². The molecule has 0 aliphatic rings. The van der Waals surface area contributed by atoms with Gasteiger partial charge in [0.2, 0.25) is 5.91 Å². The van der Waals surface area contributed by atoms with E-state index in [2.05, 4.69) is 19.1 Å². The highest BCUT2D eigenvalue weighted by molar-refractivity contribution is 7.99. The summed E-state index contributed by atoms with van der Waals surface area (Å²) in [6, 6.07) is 22.2. The molecular weight excluding hydrogens is 474 g/mol. The first kappa shape index (κ1) is 25.2. The van der Waals surface area contributed by atoms with Gasteiger partial charge < -0.3 is 4.90 Å². The summed E-state index contributed by atoms with van der Waals surface area (Å²) in [7, 11) is 0. The molecule has 4 rings (SSSR count). The second kappa shape index (κ2) is 11.7. The number of thioether (sulfide) groups is 1. The van der Waals surface area contributed by atoms with Crippen LogP contribution in [0.15, 0.2) is 76.7 Å². The van der Waals surface area contributed by atoms with Crippen LogP contribution in [0, 0.1) is 0 Å². The molecule has 0 aliphatic heterocycles. The van der Waals surface area contributed by atoms with Gasteiger partial charge in [0.25, 0.3) is 5.56 Å². The van der Waals surface area contributed by atoms with Crippen molar-refractivity contribution in [1.82, 2.24) is 14.5 Å². The van der Waals surface area contributed by atoms with Gasteiger partial charge in [-0.1, -0.05) is 79.3 Å². The van der Waals surface area contributed by atoms with Gasteiger partial charge in [0.1, 0.15) is 4.83 Å². The third kappa shape index (κ3) is 6.21. The van der Waals surface area contributed by atoms with Crippen molar-refractivity contribution in [3.8, 4) is 0 Å². The maximum Gasteiger partial charge on any atom is 0.262 e. The molecule has 0 fully saturated rings. The maximum absolute atomic E-state index is 13.4. The van der Waals surface area contributed by atoms with Crippen LogP contribution in [0.1, 0.15) is 36.8 Å². The number of rotatable bonds is 10. The molecule has 0 unspecified atom stereocenters. The van der Waals surface area contributed by atoms with Crippen molar-refractivity contribution in [2.75, 3.05) is 5.75 Å². The molecule has 1 amide bonds. The van der Waals surface area contributed by atoms with Crippen molar-refractivity contribution in [2.24, 2.45) is 0 Å². The van der Waals surface area contributed by atoms with Crippen LogP contribution in [0.2, 0.25) is 0 Å². The summed E-state index contributed by atoms with van der Waals surface area (Å²) in [4.78, 5) is 35.3. The van der Waals surface area contributed by atoms with Crippen LogP contribution < -0.4 is 5.56 Å². The molecule has 7 heteroatoms. The van der Waals surface area contributed by atoms with Crippen molar-refractivity contribution < 1.29 is 4.79 Å². The lowest BCUT2D eigenvalue weighted by Gasteiger charge is -2.27. The van der Waals surface area contributed by atoms with Gasteiger partial charge in [-0.15, -0.1) is 11.3 Å². The van der Waals surface area contributed by atoms with Crippen molar-refractivity contribution in [3.05, 3.63) is 93.1 Å². The number of hydrogen-bond acceptors (Lipinski definition) is 5. The lowest BCUT2D eigenvalue weighted by atomic mass is 10.1. The Balaban J connectivity index is 1.58. The van der Waals surface area contributed by atoms with Crippen molar-refractivity contribution in [1.29, 1.82) is 0 Å². The van der Waals surface area contributed by atoms with E-state index in [-0.39, 0.29) is 23.3 Å². The van der Waals surface area contributed by atoms with E-state index in [1.54, 1.807) is 15.9 Å². The summed E-state index contributed by atoms with van der Waals surface area (Å²) in [5.41, 5.74) is 2.24. The molecule has 0 bridgehead atoms. The Kier molecular flexibility index (Phi) is 8.42. The van der Waals surface area contributed by atoms with Crippen LogP contribution in [0.5, 0.6) is 0 Å². The monoisotopic (exact) mass is 505 g/mol. The molecule has 35 heavy (non-hydrogen) atoms. The molecule has 4 aromatic rings. The fourth-order valence-corrected chi connectivity index (χ4v) is 5.88. The minimum atomic E-state index is -0.0261. The van der Waals surface area contributed by atoms with Gasteiger partial charge in [-0.2, -0.15) is 0 Å².